The van der Waals surface area contributed by atoms with Crippen LogP contribution in [0.1, 0.15) is 19.4 Å². The lowest BCUT2D eigenvalue weighted by Gasteiger charge is -2.09. The Balaban J connectivity index is 2.17. The summed E-state index contributed by atoms with van der Waals surface area (Å²) in [6.45, 7) is 4.16. The van der Waals surface area contributed by atoms with E-state index in [1.165, 1.54) is 13.5 Å². The van der Waals surface area contributed by atoms with Gasteiger partial charge in [-0.15, -0.1) is 0 Å². The molecule has 0 radical (unpaired) electrons. The summed E-state index contributed by atoms with van der Waals surface area (Å²) in [6.07, 6.45) is 0. The highest BCUT2D eigenvalue weighted by molar-refractivity contribution is 5.76. The molecule has 1 aromatic carbocycles. The van der Waals surface area contributed by atoms with Crippen LogP contribution in [0.2, 0.25) is 0 Å². The molecule has 3 heterocycles. The third-order valence-electron chi connectivity index (χ3n) is 4.81. The largest absolute Gasteiger partial charge is 0.494 e. The SMILES string of the molecule is CCn1c(=O)c2c(nc3n(Cc4ccccc4)c(=O)cc(O)n23)n(CC)c1=O. The van der Waals surface area contributed by atoms with Crippen molar-refractivity contribution in [2.24, 2.45) is 0 Å². The first-order valence-corrected chi connectivity index (χ1v) is 9.00. The lowest BCUT2D eigenvalue weighted by Crippen LogP contribution is -2.39. The molecule has 0 saturated carbocycles. The van der Waals surface area contributed by atoms with Gasteiger partial charge in [-0.25, -0.2) is 9.20 Å². The van der Waals surface area contributed by atoms with E-state index in [-0.39, 0.29) is 30.0 Å². The third kappa shape index (κ3) is 2.47. The van der Waals surface area contributed by atoms with Crippen molar-refractivity contribution < 1.29 is 5.11 Å². The fraction of sp³-hybridized carbons (Fsp3) is 0.263. The van der Waals surface area contributed by atoms with E-state index in [2.05, 4.69) is 4.98 Å². The van der Waals surface area contributed by atoms with Crippen LogP contribution < -0.4 is 16.8 Å². The lowest BCUT2D eigenvalue weighted by atomic mass is 10.2. The molecule has 144 valence electrons. The van der Waals surface area contributed by atoms with Crippen LogP contribution in [0.25, 0.3) is 16.9 Å². The fourth-order valence-electron chi connectivity index (χ4n) is 3.46. The Kier molecular flexibility index (Phi) is 4.14. The number of rotatable bonds is 4. The quantitative estimate of drug-likeness (QED) is 0.562. The molecule has 0 atom stereocenters. The van der Waals surface area contributed by atoms with E-state index in [1.54, 1.807) is 13.8 Å². The second-order valence-corrected chi connectivity index (χ2v) is 6.41. The molecule has 0 unspecified atom stereocenters. The summed E-state index contributed by atoms with van der Waals surface area (Å²) in [5, 5.41) is 10.4. The van der Waals surface area contributed by atoms with Crippen molar-refractivity contribution in [3.8, 4) is 5.88 Å². The fourth-order valence-corrected chi connectivity index (χ4v) is 3.46. The molecule has 4 aromatic rings. The normalized spacial score (nSPS) is 11.5. The van der Waals surface area contributed by atoms with Crippen LogP contribution in [0.15, 0.2) is 50.8 Å². The maximum absolute atomic E-state index is 12.9. The molecule has 0 aliphatic rings. The first-order valence-electron chi connectivity index (χ1n) is 9.00. The second kappa shape index (κ2) is 6.52. The molecule has 0 amide bonds. The number of imidazole rings is 1. The lowest BCUT2D eigenvalue weighted by molar-refractivity contribution is 0.442. The van der Waals surface area contributed by atoms with Crippen molar-refractivity contribution in [3.63, 3.8) is 0 Å². The predicted molar refractivity (Wildman–Crippen MR) is 104 cm³/mol. The van der Waals surface area contributed by atoms with Gasteiger partial charge in [0.05, 0.1) is 12.6 Å². The van der Waals surface area contributed by atoms with E-state index in [1.807, 2.05) is 30.3 Å². The summed E-state index contributed by atoms with van der Waals surface area (Å²) in [4.78, 5) is 42.5. The van der Waals surface area contributed by atoms with Gasteiger partial charge in [0.1, 0.15) is 0 Å². The molecule has 0 fully saturated rings. The van der Waals surface area contributed by atoms with E-state index < -0.39 is 22.7 Å². The van der Waals surface area contributed by atoms with Gasteiger partial charge < -0.3 is 5.11 Å². The zero-order chi connectivity index (χ0) is 20.0. The van der Waals surface area contributed by atoms with Crippen LogP contribution in [0.4, 0.5) is 0 Å². The smallest absolute Gasteiger partial charge is 0.332 e. The predicted octanol–water partition coefficient (Wildman–Crippen LogP) is 0.766. The van der Waals surface area contributed by atoms with Crippen molar-refractivity contribution in [1.82, 2.24) is 23.1 Å². The molecule has 0 saturated heterocycles. The Morgan fingerprint density at radius 2 is 1.64 bits per heavy atom. The van der Waals surface area contributed by atoms with Gasteiger partial charge in [0.25, 0.3) is 11.1 Å². The van der Waals surface area contributed by atoms with Crippen molar-refractivity contribution in [2.75, 3.05) is 0 Å². The number of aromatic nitrogens is 5. The second-order valence-electron chi connectivity index (χ2n) is 6.41. The van der Waals surface area contributed by atoms with Crippen molar-refractivity contribution in [3.05, 3.63) is 73.2 Å². The Hall–Kier alpha value is -3.62. The van der Waals surface area contributed by atoms with Gasteiger partial charge in [-0.05, 0) is 19.4 Å². The van der Waals surface area contributed by atoms with Crippen LogP contribution in [0, 0.1) is 0 Å². The Labute approximate surface area is 158 Å². The topological polar surface area (TPSA) is 104 Å². The highest BCUT2D eigenvalue weighted by Gasteiger charge is 2.21. The van der Waals surface area contributed by atoms with E-state index in [0.29, 0.717) is 6.54 Å². The van der Waals surface area contributed by atoms with Crippen molar-refractivity contribution in [2.45, 2.75) is 33.5 Å². The minimum Gasteiger partial charge on any atom is -0.494 e. The third-order valence-corrected chi connectivity index (χ3v) is 4.81. The zero-order valence-electron chi connectivity index (χ0n) is 15.5. The zero-order valence-corrected chi connectivity index (χ0v) is 15.5. The van der Waals surface area contributed by atoms with Gasteiger partial charge in [-0.1, -0.05) is 30.3 Å². The van der Waals surface area contributed by atoms with Crippen LogP contribution in [0.3, 0.4) is 0 Å². The molecule has 0 aliphatic heterocycles. The highest BCUT2D eigenvalue weighted by atomic mass is 16.3. The summed E-state index contributed by atoms with van der Waals surface area (Å²) in [5.41, 5.74) is -0.404. The van der Waals surface area contributed by atoms with Gasteiger partial charge in [0.2, 0.25) is 11.7 Å². The molecule has 4 rings (SSSR count). The summed E-state index contributed by atoms with van der Waals surface area (Å²) < 4.78 is 5.06. The van der Waals surface area contributed by atoms with E-state index >= 15 is 0 Å². The molecular formula is C19H19N5O4. The average Bonchev–Trinajstić information content (AvgIpc) is 3.08. The van der Waals surface area contributed by atoms with Gasteiger partial charge in [-0.2, -0.15) is 4.98 Å². The first kappa shape index (κ1) is 17.8. The molecular weight excluding hydrogens is 362 g/mol. The standard InChI is InChI=1S/C19H19N5O4/c1-3-21-16-15(17(27)22(4-2)19(21)28)24-14(26)10-13(25)23(18(24)20-16)11-12-8-6-5-7-9-12/h5-10,26H,3-4,11H2,1-2H3. The summed E-state index contributed by atoms with van der Waals surface area (Å²) in [6, 6.07) is 10.4. The number of nitrogens with zero attached hydrogens (tertiary/aromatic N) is 5. The molecule has 1 N–H and O–H groups in total. The molecule has 28 heavy (non-hydrogen) atoms. The maximum atomic E-state index is 12.9. The molecule has 9 nitrogen and oxygen atoms in total. The van der Waals surface area contributed by atoms with Crippen LogP contribution in [0.5, 0.6) is 5.88 Å². The summed E-state index contributed by atoms with van der Waals surface area (Å²) >= 11 is 0. The van der Waals surface area contributed by atoms with Crippen LogP contribution in [-0.2, 0) is 19.6 Å². The first-order chi connectivity index (χ1) is 13.5. The minimum atomic E-state index is -0.556. The Morgan fingerprint density at radius 1 is 0.964 bits per heavy atom. The average molecular weight is 381 g/mol. The number of hydrogen-bond donors (Lipinski definition) is 1. The monoisotopic (exact) mass is 381 g/mol. The van der Waals surface area contributed by atoms with Crippen molar-refractivity contribution >= 4 is 16.9 Å². The molecule has 3 aromatic heterocycles. The number of benzene rings is 1. The minimum absolute atomic E-state index is 0.0672. The number of hydrogen-bond acceptors (Lipinski definition) is 5. The number of fused-ring (bicyclic) bond motifs is 3. The van der Waals surface area contributed by atoms with E-state index in [9.17, 15) is 19.5 Å². The number of aromatic hydroxyl groups is 1. The van der Waals surface area contributed by atoms with Crippen LogP contribution in [-0.4, -0.2) is 28.2 Å². The van der Waals surface area contributed by atoms with Gasteiger partial charge in [0.15, 0.2) is 11.2 Å². The molecule has 0 aliphatic carbocycles. The molecule has 0 spiro atoms. The maximum Gasteiger partial charge on any atom is 0.332 e. The van der Waals surface area contributed by atoms with E-state index in [0.717, 1.165) is 16.2 Å². The van der Waals surface area contributed by atoms with Crippen molar-refractivity contribution in [1.29, 1.82) is 0 Å². The van der Waals surface area contributed by atoms with E-state index in [4.69, 9.17) is 0 Å². The number of aryl methyl sites for hydroxylation is 1. The summed E-state index contributed by atoms with van der Waals surface area (Å²) in [5.74, 6) is -0.288. The van der Waals surface area contributed by atoms with Gasteiger partial charge in [-0.3, -0.25) is 23.3 Å². The molecule has 0 bridgehead atoms. The molecule has 9 heteroatoms. The summed E-state index contributed by atoms with van der Waals surface area (Å²) in [7, 11) is 0. The Bertz CT molecular complexity index is 1380. The van der Waals surface area contributed by atoms with Gasteiger partial charge >= 0.3 is 5.69 Å². The van der Waals surface area contributed by atoms with Gasteiger partial charge in [0, 0.05) is 13.1 Å². The Morgan fingerprint density at radius 3 is 2.29 bits per heavy atom. The van der Waals surface area contributed by atoms with Crippen LogP contribution >= 0.6 is 0 Å². The highest BCUT2D eigenvalue weighted by Crippen LogP contribution is 2.18.